The van der Waals surface area contributed by atoms with Crippen molar-refractivity contribution in [2.24, 2.45) is 5.41 Å². The van der Waals surface area contributed by atoms with Crippen molar-refractivity contribution in [1.29, 1.82) is 0 Å². The predicted molar refractivity (Wildman–Crippen MR) is 113 cm³/mol. The van der Waals surface area contributed by atoms with Gasteiger partial charge in [-0.3, -0.25) is 4.79 Å². The standard InChI is InChI=1S/C23H18Cl2F2N2O2/c24-16-3-1-13(5-18(16)26)20-8-28-21(29-20)23-10-22(11-23,12-23)7-14(30)9-31-15-2-4-17(25)19(27)6-15/h1-6,8H,7,9-12H2,(H,28,29). The Morgan fingerprint density at radius 3 is 2.42 bits per heavy atom. The van der Waals surface area contributed by atoms with E-state index in [-0.39, 0.29) is 39.0 Å². The summed E-state index contributed by atoms with van der Waals surface area (Å²) in [4.78, 5) is 20.2. The number of nitrogens with zero attached hydrogens (tertiary/aromatic N) is 1. The van der Waals surface area contributed by atoms with Gasteiger partial charge in [-0.15, -0.1) is 0 Å². The molecule has 0 radical (unpaired) electrons. The maximum Gasteiger partial charge on any atom is 0.170 e. The summed E-state index contributed by atoms with van der Waals surface area (Å²) in [6.45, 7) is -0.0944. The van der Waals surface area contributed by atoms with Crippen LogP contribution in [0.1, 0.15) is 31.5 Å². The minimum absolute atomic E-state index is 0.00891. The summed E-state index contributed by atoms with van der Waals surface area (Å²) in [5.74, 6) is 0.0977. The number of aromatic nitrogens is 2. The first kappa shape index (κ1) is 20.5. The highest BCUT2D eigenvalue weighted by molar-refractivity contribution is 6.31. The molecular weight excluding hydrogens is 445 g/mol. The highest BCUT2D eigenvalue weighted by atomic mass is 35.5. The van der Waals surface area contributed by atoms with Gasteiger partial charge in [0.25, 0.3) is 0 Å². The average molecular weight is 463 g/mol. The molecule has 2 aromatic carbocycles. The molecule has 0 unspecified atom stereocenters. The minimum Gasteiger partial charge on any atom is -0.486 e. The number of ether oxygens (including phenoxy) is 1. The monoisotopic (exact) mass is 462 g/mol. The Bertz CT molecular complexity index is 1170. The zero-order valence-corrected chi connectivity index (χ0v) is 17.9. The normalized spacial score (nSPS) is 23.7. The van der Waals surface area contributed by atoms with Crippen molar-refractivity contribution in [3.8, 4) is 17.0 Å². The van der Waals surface area contributed by atoms with E-state index in [1.54, 1.807) is 12.3 Å². The van der Waals surface area contributed by atoms with Gasteiger partial charge in [-0.05, 0) is 48.9 Å². The number of rotatable bonds is 7. The van der Waals surface area contributed by atoms with E-state index in [0.717, 1.165) is 30.8 Å². The third-order valence-electron chi connectivity index (χ3n) is 6.31. The molecule has 0 aliphatic heterocycles. The molecule has 3 aromatic rings. The van der Waals surface area contributed by atoms with Gasteiger partial charge in [0.05, 0.1) is 21.9 Å². The van der Waals surface area contributed by atoms with Crippen LogP contribution in [0.15, 0.2) is 42.6 Å². The molecule has 3 saturated carbocycles. The van der Waals surface area contributed by atoms with Crippen molar-refractivity contribution in [1.82, 2.24) is 9.97 Å². The summed E-state index contributed by atoms with van der Waals surface area (Å²) >= 11 is 11.4. The summed E-state index contributed by atoms with van der Waals surface area (Å²) in [5, 5.41) is 0.0971. The molecule has 8 heteroatoms. The van der Waals surface area contributed by atoms with E-state index < -0.39 is 11.6 Å². The number of carbonyl (C=O) groups excluding carboxylic acids is 1. The van der Waals surface area contributed by atoms with E-state index in [9.17, 15) is 13.6 Å². The van der Waals surface area contributed by atoms with Crippen molar-refractivity contribution < 1.29 is 18.3 Å². The molecule has 0 spiro atoms. The SMILES string of the molecule is O=C(COc1ccc(Cl)c(F)c1)CC12CC(c3ncc(-c4ccc(Cl)c(F)c4)[nH]3)(C1)C2. The largest absolute Gasteiger partial charge is 0.486 e. The first-order chi connectivity index (χ1) is 14.8. The van der Waals surface area contributed by atoms with Gasteiger partial charge in [0.2, 0.25) is 0 Å². The van der Waals surface area contributed by atoms with Crippen molar-refractivity contribution in [3.05, 3.63) is 70.1 Å². The van der Waals surface area contributed by atoms with Crippen LogP contribution in [0.3, 0.4) is 0 Å². The number of imidazole rings is 1. The number of halogens is 4. The molecule has 3 fully saturated rings. The number of H-pyrrole nitrogens is 1. The number of nitrogens with one attached hydrogen (secondary N) is 1. The van der Waals surface area contributed by atoms with Gasteiger partial charge < -0.3 is 9.72 Å². The quantitative estimate of drug-likeness (QED) is 0.459. The van der Waals surface area contributed by atoms with Crippen LogP contribution in [0.4, 0.5) is 8.78 Å². The fraction of sp³-hybridized carbons (Fsp3) is 0.304. The molecular formula is C23H18Cl2F2N2O2. The van der Waals surface area contributed by atoms with E-state index >= 15 is 0 Å². The third kappa shape index (κ3) is 3.62. The number of aromatic amines is 1. The van der Waals surface area contributed by atoms with Crippen LogP contribution < -0.4 is 4.74 Å². The molecule has 4 nitrogen and oxygen atoms in total. The van der Waals surface area contributed by atoms with E-state index in [4.69, 9.17) is 27.9 Å². The number of carbonyl (C=O) groups is 1. The summed E-state index contributed by atoms with van der Waals surface area (Å²) in [7, 11) is 0. The van der Waals surface area contributed by atoms with Crippen LogP contribution in [0.2, 0.25) is 10.0 Å². The van der Waals surface area contributed by atoms with Crippen LogP contribution in [0, 0.1) is 17.0 Å². The molecule has 2 bridgehead atoms. The lowest BCUT2D eigenvalue weighted by Crippen LogP contribution is -2.65. The van der Waals surface area contributed by atoms with Gasteiger partial charge in [-0.25, -0.2) is 13.8 Å². The first-order valence-electron chi connectivity index (χ1n) is 9.88. The Morgan fingerprint density at radius 2 is 1.74 bits per heavy atom. The first-order valence-corrected chi connectivity index (χ1v) is 10.6. The smallest absolute Gasteiger partial charge is 0.170 e. The Kier molecular flexibility index (Phi) is 4.83. The minimum atomic E-state index is -0.577. The van der Waals surface area contributed by atoms with Gasteiger partial charge in [0.1, 0.15) is 29.8 Å². The highest BCUT2D eigenvalue weighted by Crippen LogP contribution is 2.74. The van der Waals surface area contributed by atoms with Crippen molar-refractivity contribution >= 4 is 29.0 Å². The Balaban J connectivity index is 1.17. The molecule has 1 aromatic heterocycles. The maximum atomic E-state index is 13.7. The van der Waals surface area contributed by atoms with Crippen LogP contribution in [-0.4, -0.2) is 22.4 Å². The predicted octanol–water partition coefficient (Wildman–Crippen LogP) is 6.12. The molecule has 6 rings (SSSR count). The number of Topliss-reactive ketones (excluding diaryl/α,β-unsaturated/α-hetero) is 1. The summed E-state index contributed by atoms with van der Waals surface area (Å²) in [6.07, 6.45) is 4.77. The zero-order chi connectivity index (χ0) is 21.8. The molecule has 1 N–H and O–H groups in total. The van der Waals surface area contributed by atoms with Crippen molar-refractivity contribution in [2.75, 3.05) is 6.61 Å². The fourth-order valence-corrected chi connectivity index (χ4v) is 5.27. The highest BCUT2D eigenvalue weighted by Gasteiger charge is 2.69. The molecule has 160 valence electrons. The van der Waals surface area contributed by atoms with Gasteiger partial charge in [-0.1, -0.05) is 29.3 Å². The van der Waals surface area contributed by atoms with Gasteiger partial charge >= 0.3 is 0 Å². The van der Waals surface area contributed by atoms with Gasteiger partial charge in [-0.2, -0.15) is 0 Å². The van der Waals surface area contributed by atoms with Gasteiger partial charge in [0, 0.05) is 23.5 Å². The number of hydrogen-bond donors (Lipinski definition) is 1. The Morgan fingerprint density at radius 1 is 1.06 bits per heavy atom. The summed E-state index contributed by atoms with van der Waals surface area (Å²) in [5.41, 5.74) is 1.38. The molecule has 0 saturated heterocycles. The topological polar surface area (TPSA) is 55.0 Å². The molecule has 0 atom stereocenters. The second-order valence-corrected chi connectivity index (χ2v) is 9.48. The molecule has 3 aliphatic rings. The van der Waals surface area contributed by atoms with Crippen LogP contribution in [-0.2, 0) is 10.2 Å². The molecule has 31 heavy (non-hydrogen) atoms. The van der Waals surface area contributed by atoms with Crippen LogP contribution in [0.5, 0.6) is 5.75 Å². The zero-order valence-electron chi connectivity index (χ0n) is 16.4. The van der Waals surface area contributed by atoms with E-state index in [1.165, 1.54) is 30.3 Å². The molecule has 0 amide bonds. The van der Waals surface area contributed by atoms with Crippen LogP contribution in [0.25, 0.3) is 11.3 Å². The fourth-order valence-electron chi connectivity index (χ4n) is 5.04. The molecule has 3 aliphatic carbocycles. The van der Waals surface area contributed by atoms with E-state index in [0.29, 0.717) is 12.0 Å². The lowest BCUT2D eigenvalue weighted by atomic mass is 9.34. The molecule has 1 heterocycles. The number of hydrogen-bond acceptors (Lipinski definition) is 3. The van der Waals surface area contributed by atoms with Crippen LogP contribution >= 0.6 is 23.2 Å². The Hall–Kier alpha value is -2.44. The lowest BCUT2D eigenvalue weighted by Gasteiger charge is -2.69. The Labute approximate surface area is 187 Å². The second-order valence-electron chi connectivity index (χ2n) is 8.67. The third-order valence-corrected chi connectivity index (χ3v) is 6.93. The second kappa shape index (κ2) is 7.31. The van der Waals surface area contributed by atoms with E-state index in [2.05, 4.69) is 9.97 Å². The van der Waals surface area contributed by atoms with E-state index in [1.807, 2.05) is 0 Å². The van der Waals surface area contributed by atoms with Gasteiger partial charge in [0.15, 0.2) is 5.78 Å². The number of ketones is 1. The summed E-state index contributed by atoms with van der Waals surface area (Å²) < 4.78 is 32.6. The van der Waals surface area contributed by atoms with Crippen molar-refractivity contribution in [3.63, 3.8) is 0 Å². The number of benzene rings is 2. The maximum absolute atomic E-state index is 13.7. The summed E-state index contributed by atoms with van der Waals surface area (Å²) in [6, 6.07) is 8.76. The van der Waals surface area contributed by atoms with Crippen molar-refractivity contribution in [2.45, 2.75) is 31.1 Å². The lowest BCUT2D eigenvalue weighted by molar-refractivity contribution is -0.162. The average Bonchev–Trinajstić information content (AvgIpc) is 3.16.